The van der Waals surface area contributed by atoms with Gasteiger partial charge in [-0.15, -0.1) is 0 Å². The number of hydrogen-bond donors (Lipinski definition) is 2. The second-order valence-corrected chi connectivity index (χ2v) is 4.62. The van der Waals surface area contributed by atoms with Crippen molar-refractivity contribution in [1.82, 2.24) is 4.98 Å². The molecule has 0 amide bonds. The van der Waals surface area contributed by atoms with E-state index in [1.165, 1.54) is 0 Å². The quantitative estimate of drug-likeness (QED) is 0.624. The zero-order chi connectivity index (χ0) is 13.1. The molecular weight excluding hydrogens is 228 g/mol. The Labute approximate surface area is 107 Å². The molecule has 5 heteroatoms. The summed E-state index contributed by atoms with van der Waals surface area (Å²) >= 11 is 0. The number of aromatic nitrogens is 1. The SMILES string of the molecule is CCC1CN(c2cc(C(=N)N)cc(C)n2)CCO1. The van der Waals surface area contributed by atoms with E-state index in [-0.39, 0.29) is 11.9 Å². The number of nitrogen functional groups attached to an aromatic ring is 1. The molecule has 1 atom stereocenters. The van der Waals surface area contributed by atoms with E-state index >= 15 is 0 Å². The molecule has 1 aromatic heterocycles. The average Bonchev–Trinajstić information content (AvgIpc) is 2.38. The number of amidine groups is 1. The lowest BCUT2D eigenvalue weighted by Crippen LogP contribution is -2.42. The average molecular weight is 248 g/mol. The van der Waals surface area contributed by atoms with Crippen LogP contribution in [0.3, 0.4) is 0 Å². The molecule has 0 aliphatic carbocycles. The van der Waals surface area contributed by atoms with Crippen LogP contribution in [0.1, 0.15) is 24.6 Å². The molecule has 3 N–H and O–H groups in total. The van der Waals surface area contributed by atoms with Crippen LogP contribution in [0.25, 0.3) is 0 Å². The van der Waals surface area contributed by atoms with Crippen LogP contribution in [0, 0.1) is 12.3 Å². The Bertz CT molecular complexity index is 447. The number of nitrogens with two attached hydrogens (primary N) is 1. The lowest BCUT2D eigenvalue weighted by atomic mass is 10.2. The van der Waals surface area contributed by atoms with Crippen LogP contribution < -0.4 is 10.6 Å². The fourth-order valence-electron chi connectivity index (χ4n) is 2.14. The highest BCUT2D eigenvalue weighted by molar-refractivity contribution is 5.95. The molecule has 0 spiro atoms. The number of aryl methyl sites for hydroxylation is 1. The molecule has 1 fully saturated rings. The van der Waals surface area contributed by atoms with Crippen molar-refractivity contribution in [3.8, 4) is 0 Å². The number of anilines is 1. The second kappa shape index (κ2) is 5.35. The summed E-state index contributed by atoms with van der Waals surface area (Å²) in [4.78, 5) is 6.73. The molecule has 0 aromatic carbocycles. The third-order valence-corrected chi connectivity index (χ3v) is 3.17. The van der Waals surface area contributed by atoms with E-state index in [0.29, 0.717) is 0 Å². The molecule has 2 rings (SSSR count). The van der Waals surface area contributed by atoms with Gasteiger partial charge in [0, 0.05) is 24.3 Å². The Morgan fingerprint density at radius 3 is 3.06 bits per heavy atom. The minimum atomic E-state index is 0.0852. The molecule has 98 valence electrons. The summed E-state index contributed by atoms with van der Waals surface area (Å²) in [6, 6.07) is 3.72. The van der Waals surface area contributed by atoms with Gasteiger partial charge in [-0.3, -0.25) is 5.41 Å². The maximum absolute atomic E-state index is 7.53. The Balaban J connectivity index is 2.24. The number of hydrogen-bond acceptors (Lipinski definition) is 4. The van der Waals surface area contributed by atoms with E-state index in [4.69, 9.17) is 15.9 Å². The normalized spacial score (nSPS) is 19.9. The van der Waals surface area contributed by atoms with E-state index in [1.807, 2.05) is 19.1 Å². The van der Waals surface area contributed by atoms with E-state index in [9.17, 15) is 0 Å². The minimum absolute atomic E-state index is 0.0852. The minimum Gasteiger partial charge on any atom is -0.384 e. The molecular formula is C13H20N4O. The van der Waals surface area contributed by atoms with Crippen molar-refractivity contribution in [3.05, 3.63) is 23.4 Å². The number of ether oxygens (including phenoxy) is 1. The molecule has 1 aliphatic rings. The Morgan fingerprint density at radius 1 is 1.61 bits per heavy atom. The summed E-state index contributed by atoms with van der Waals surface area (Å²) in [5, 5.41) is 7.53. The molecule has 0 bridgehead atoms. The van der Waals surface area contributed by atoms with E-state index in [0.717, 1.165) is 43.2 Å². The van der Waals surface area contributed by atoms with E-state index in [2.05, 4.69) is 16.8 Å². The smallest absolute Gasteiger partial charge is 0.129 e. The number of pyridine rings is 1. The maximum Gasteiger partial charge on any atom is 0.129 e. The molecule has 18 heavy (non-hydrogen) atoms. The summed E-state index contributed by atoms with van der Waals surface area (Å²) < 4.78 is 5.65. The van der Waals surface area contributed by atoms with Gasteiger partial charge in [0.25, 0.3) is 0 Å². The molecule has 2 heterocycles. The van der Waals surface area contributed by atoms with Gasteiger partial charge in [0.05, 0.1) is 12.7 Å². The van der Waals surface area contributed by atoms with Gasteiger partial charge >= 0.3 is 0 Å². The maximum atomic E-state index is 7.53. The van der Waals surface area contributed by atoms with Crippen molar-refractivity contribution in [2.24, 2.45) is 5.73 Å². The Morgan fingerprint density at radius 2 is 2.39 bits per heavy atom. The fourth-order valence-corrected chi connectivity index (χ4v) is 2.14. The van der Waals surface area contributed by atoms with Crippen molar-refractivity contribution in [3.63, 3.8) is 0 Å². The van der Waals surface area contributed by atoms with Gasteiger partial charge in [-0.05, 0) is 25.5 Å². The van der Waals surface area contributed by atoms with Crippen molar-refractivity contribution in [2.45, 2.75) is 26.4 Å². The molecule has 1 unspecified atom stereocenters. The summed E-state index contributed by atoms with van der Waals surface area (Å²) in [5.41, 5.74) is 7.17. The highest BCUT2D eigenvalue weighted by Crippen LogP contribution is 2.18. The Hall–Kier alpha value is -1.62. The largest absolute Gasteiger partial charge is 0.384 e. The van der Waals surface area contributed by atoms with E-state index < -0.39 is 0 Å². The predicted molar refractivity (Wildman–Crippen MR) is 72.2 cm³/mol. The van der Waals surface area contributed by atoms with Crippen molar-refractivity contribution < 1.29 is 4.74 Å². The van der Waals surface area contributed by atoms with Gasteiger partial charge in [0.15, 0.2) is 0 Å². The zero-order valence-electron chi connectivity index (χ0n) is 10.9. The highest BCUT2D eigenvalue weighted by Gasteiger charge is 2.20. The molecule has 1 aromatic rings. The number of rotatable bonds is 3. The molecule has 1 aliphatic heterocycles. The van der Waals surface area contributed by atoms with Crippen LogP contribution in [-0.4, -0.2) is 36.6 Å². The van der Waals surface area contributed by atoms with Crippen molar-refractivity contribution >= 4 is 11.7 Å². The molecule has 1 saturated heterocycles. The summed E-state index contributed by atoms with van der Waals surface area (Å²) in [6.45, 7) is 6.46. The zero-order valence-corrected chi connectivity index (χ0v) is 10.9. The van der Waals surface area contributed by atoms with Gasteiger partial charge in [0.2, 0.25) is 0 Å². The highest BCUT2D eigenvalue weighted by atomic mass is 16.5. The first-order chi connectivity index (χ1) is 8.60. The third-order valence-electron chi connectivity index (χ3n) is 3.17. The molecule has 0 radical (unpaired) electrons. The van der Waals surface area contributed by atoms with Crippen LogP contribution >= 0.6 is 0 Å². The second-order valence-electron chi connectivity index (χ2n) is 4.62. The monoisotopic (exact) mass is 248 g/mol. The first-order valence-electron chi connectivity index (χ1n) is 6.29. The number of morpholine rings is 1. The summed E-state index contributed by atoms with van der Waals surface area (Å²) in [5.74, 6) is 0.976. The van der Waals surface area contributed by atoms with Crippen LogP contribution in [0.2, 0.25) is 0 Å². The van der Waals surface area contributed by atoms with Crippen LogP contribution in [0.4, 0.5) is 5.82 Å². The topological polar surface area (TPSA) is 75.2 Å². The lowest BCUT2D eigenvalue weighted by Gasteiger charge is -2.33. The predicted octanol–water partition coefficient (Wildman–Crippen LogP) is 1.29. The number of nitrogens with zero attached hydrogens (tertiary/aromatic N) is 2. The first kappa shape index (κ1) is 12.8. The van der Waals surface area contributed by atoms with Gasteiger partial charge < -0.3 is 15.4 Å². The molecule has 0 saturated carbocycles. The summed E-state index contributed by atoms with van der Waals surface area (Å²) in [7, 11) is 0. The van der Waals surface area contributed by atoms with Crippen LogP contribution in [0.15, 0.2) is 12.1 Å². The van der Waals surface area contributed by atoms with Gasteiger partial charge in [-0.25, -0.2) is 4.98 Å². The summed E-state index contributed by atoms with van der Waals surface area (Å²) in [6.07, 6.45) is 1.27. The number of nitrogens with one attached hydrogen (secondary N) is 1. The van der Waals surface area contributed by atoms with Gasteiger partial charge in [-0.1, -0.05) is 6.92 Å². The van der Waals surface area contributed by atoms with Crippen molar-refractivity contribution in [2.75, 3.05) is 24.6 Å². The standard InChI is InChI=1S/C13H20N4O/c1-3-11-8-17(4-5-18-11)12-7-10(13(14)15)6-9(2)16-12/h6-7,11H,3-5,8H2,1-2H3,(H3,14,15). The Kier molecular flexibility index (Phi) is 3.81. The van der Waals surface area contributed by atoms with Gasteiger partial charge in [-0.2, -0.15) is 0 Å². The molecule has 5 nitrogen and oxygen atoms in total. The lowest BCUT2D eigenvalue weighted by molar-refractivity contribution is 0.0381. The fraction of sp³-hybridized carbons (Fsp3) is 0.538. The first-order valence-corrected chi connectivity index (χ1v) is 6.29. The van der Waals surface area contributed by atoms with Crippen LogP contribution in [-0.2, 0) is 4.74 Å². The third kappa shape index (κ3) is 2.79. The van der Waals surface area contributed by atoms with E-state index in [1.54, 1.807) is 0 Å². The van der Waals surface area contributed by atoms with Crippen molar-refractivity contribution in [1.29, 1.82) is 5.41 Å². The van der Waals surface area contributed by atoms with Crippen LogP contribution in [0.5, 0.6) is 0 Å². The van der Waals surface area contributed by atoms with Gasteiger partial charge in [0.1, 0.15) is 11.7 Å².